The Balaban J connectivity index is 1.58. The Morgan fingerprint density at radius 2 is 1.67 bits per heavy atom. The van der Waals surface area contributed by atoms with Gasteiger partial charge in [0, 0.05) is 5.39 Å². The van der Waals surface area contributed by atoms with Crippen molar-refractivity contribution in [3.05, 3.63) is 40.3 Å². The Labute approximate surface area is 143 Å². The molecular weight excluding hydrogens is 296 g/mol. The van der Waals surface area contributed by atoms with Crippen LogP contribution in [-0.2, 0) is 6.42 Å². The lowest BCUT2D eigenvalue weighted by atomic mass is 9.81. The van der Waals surface area contributed by atoms with E-state index in [4.69, 9.17) is 5.10 Å². The third-order valence-electron chi connectivity index (χ3n) is 6.41. The predicted molar refractivity (Wildman–Crippen MR) is 96.2 cm³/mol. The van der Waals surface area contributed by atoms with Crippen molar-refractivity contribution in [1.29, 1.82) is 0 Å². The Bertz CT molecular complexity index is 800. The molecule has 3 fully saturated rings. The SMILES string of the molecule is O=c1c2ccccc2c(CCC2CCC2)nn1C(C1CC1)C1CC1. The highest BCUT2D eigenvalue weighted by atomic mass is 16.1. The third-order valence-corrected chi connectivity index (χ3v) is 6.41. The highest BCUT2D eigenvalue weighted by Crippen LogP contribution is 2.51. The molecule has 0 saturated heterocycles. The molecule has 3 aliphatic carbocycles. The van der Waals surface area contributed by atoms with Gasteiger partial charge in [-0.05, 0) is 62.3 Å². The summed E-state index contributed by atoms with van der Waals surface area (Å²) >= 11 is 0. The molecule has 1 heterocycles. The van der Waals surface area contributed by atoms with E-state index >= 15 is 0 Å². The molecule has 2 aromatic rings. The largest absolute Gasteiger partial charge is 0.274 e. The molecule has 0 spiro atoms. The minimum absolute atomic E-state index is 0.141. The van der Waals surface area contributed by atoms with E-state index in [-0.39, 0.29) is 5.56 Å². The summed E-state index contributed by atoms with van der Waals surface area (Å²) in [7, 11) is 0. The van der Waals surface area contributed by atoms with Gasteiger partial charge < -0.3 is 0 Å². The van der Waals surface area contributed by atoms with Gasteiger partial charge in [0.05, 0.1) is 17.1 Å². The van der Waals surface area contributed by atoms with Crippen LogP contribution < -0.4 is 5.56 Å². The number of fused-ring (bicyclic) bond motifs is 1. The fraction of sp³-hybridized carbons (Fsp3) is 0.619. The van der Waals surface area contributed by atoms with Crippen LogP contribution >= 0.6 is 0 Å². The number of hydrogen-bond donors (Lipinski definition) is 0. The zero-order chi connectivity index (χ0) is 16.1. The summed E-state index contributed by atoms with van der Waals surface area (Å²) in [5.41, 5.74) is 1.30. The Hall–Kier alpha value is -1.64. The minimum Gasteiger partial charge on any atom is -0.267 e. The van der Waals surface area contributed by atoms with Gasteiger partial charge in [-0.25, -0.2) is 4.68 Å². The van der Waals surface area contributed by atoms with Crippen molar-refractivity contribution in [2.75, 3.05) is 0 Å². The Morgan fingerprint density at radius 3 is 2.25 bits per heavy atom. The molecule has 0 amide bonds. The maximum absolute atomic E-state index is 13.1. The number of aryl methyl sites for hydroxylation is 1. The van der Waals surface area contributed by atoms with Gasteiger partial charge in [-0.2, -0.15) is 5.10 Å². The van der Waals surface area contributed by atoms with E-state index < -0.39 is 0 Å². The molecule has 0 atom stereocenters. The second-order valence-electron chi connectivity index (χ2n) is 8.24. The maximum atomic E-state index is 13.1. The highest BCUT2D eigenvalue weighted by Gasteiger charge is 2.44. The average Bonchev–Trinajstić information content (AvgIpc) is 3.44. The van der Waals surface area contributed by atoms with Crippen LogP contribution in [0.3, 0.4) is 0 Å². The molecule has 1 aromatic carbocycles. The highest BCUT2D eigenvalue weighted by molar-refractivity contribution is 5.83. The van der Waals surface area contributed by atoms with Crippen LogP contribution in [0.2, 0.25) is 0 Å². The van der Waals surface area contributed by atoms with Gasteiger partial charge in [-0.1, -0.05) is 37.5 Å². The van der Waals surface area contributed by atoms with E-state index in [0.717, 1.165) is 28.8 Å². The van der Waals surface area contributed by atoms with Crippen LogP contribution in [0.5, 0.6) is 0 Å². The van der Waals surface area contributed by atoms with Gasteiger partial charge in [0.25, 0.3) is 5.56 Å². The molecule has 3 heteroatoms. The van der Waals surface area contributed by atoms with Crippen LogP contribution in [0.15, 0.2) is 29.1 Å². The van der Waals surface area contributed by atoms with Gasteiger partial charge in [0.2, 0.25) is 0 Å². The molecule has 0 bridgehead atoms. The van der Waals surface area contributed by atoms with E-state index in [1.807, 2.05) is 22.9 Å². The Kier molecular flexibility index (Phi) is 3.50. The lowest BCUT2D eigenvalue weighted by Gasteiger charge is -2.25. The first kappa shape index (κ1) is 14.7. The average molecular weight is 322 g/mol. The zero-order valence-corrected chi connectivity index (χ0v) is 14.3. The molecule has 3 nitrogen and oxygen atoms in total. The summed E-state index contributed by atoms with van der Waals surface area (Å²) in [5, 5.41) is 6.92. The number of rotatable bonds is 6. The summed E-state index contributed by atoms with van der Waals surface area (Å²) in [6.07, 6.45) is 11.5. The quantitative estimate of drug-likeness (QED) is 0.785. The van der Waals surface area contributed by atoms with Gasteiger partial charge in [0.15, 0.2) is 0 Å². The summed E-state index contributed by atoms with van der Waals surface area (Å²) < 4.78 is 1.91. The van der Waals surface area contributed by atoms with Crippen molar-refractivity contribution >= 4 is 10.8 Å². The van der Waals surface area contributed by atoms with Crippen molar-refractivity contribution in [3.8, 4) is 0 Å². The summed E-state index contributed by atoms with van der Waals surface area (Å²) in [6, 6.07) is 8.49. The van der Waals surface area contributed by atoms with E-state index in [9.17, 15) is 4.79 Å². The first-order valence-electron chi connectivity index (χ1n) is 9.81. The third kappa shape index (κ3) is 2.58. The normalized spacial score (nSPS) is 21.4. The molecule has 0 N–H and O–H groups in total. The summed E-state index contributed by atoms with van der Waals surface area (Å²) in [5.74, 6) is 2.28. The molecule has 0 radical (unpaired) electrons. The minimum atomic E-state index is 0.141. The van der Waals surface area contributed by atoms with Crippen LogP contribution in [0.25, 0.3) is 10.8 Å². The standard InChI is InChI=1S/C21H26N2O/c24-21-18-7-2-1-6-17(18)19(13-8-14-4-3-5-14)22-23(21)20(15-9-10-15)16-11-12-16/h1-2,6-7,14-16,20H,3-5,8-13H2. The first-order chi connectivity index (χ1) is 11.8. The molecule has 0 unspecified atom stereocenters. The fourth-order valence-electron chi connectivity index (χ4n) is 4.44. The fourth-order valence-corrected chi connectivity index (χ4v) is 4.44. The number of nitrogens with zero attached hydrogens (tertiary/aromatic N) is 2. The number of aromatic nitrogens is 2. The van der Waals surface area contributed by atoms with Crippen LogP contribution in [-0.4, -0.2) is 9.78 Å². The van der Waals surface area contributed by atoms with Crippen LogP contribution in [0, 0.1) is 17.8 Å². The summed E-state index contributed by atoms with van der Waals surface area (Å²) in [6.45, 7) is 0. The van der Waals surface area contributed by atoms with Gasteiger partial charge in [0.1, 0.15) is 0 Å². The number of hydrogen-bond acceptors (Lipinski definition) is 2. The molecule has 5 rings (SSSR count). The summed E-state index contributed by atoms with van der Waals surface area (Å²) in [4.78, 5) is 13.1. The molecule has 1 aromatic heterocycles. The first-order valence-corrected chi connectivity index (χ1v) is 9.81. The zero-order valence-electron chi connectivity index (χ0n) is 14.3. The molecule has 3 saturated carbocycles. The van der Waals surface area contributed by atoms with Crippen LogP contribution in [0.4, 0.5) is 0 Å². The van der Waals surface area contributed by atoms with Gasteiger partial charge in [-0.3, -0.25) is 4.79 Å². The monoisotopic (exact) mass is 322 g/mol. The van der Waals surface area contributed by atoms with Crippen molar-refractivity contribution in [1.82, 2.24) is 9.78 Å². The van der Waals surface area contributed by atoms with E-state index in [0.29, 0.717) is 17.9 Å². The van der Waals surface area contributed by atoms with Crippen molar-refractivity contribution < 1.29 is 0 Å². The lowest BCUT2D eigenvalue weighted by molar-refractivity contribution is 0.293. The van der Waals surface area contributed by atoms with E-state index in [1.165, 1.54) is 51.4 Å². The molecular formula is C21H26N2O. The molecule has 0 aliphatic heterocycles. The molecule has 3 aliphatic rings. The van der Waals surface area contributed by atoms with Crippen molar-refractivity contribution in [2.24, 2.45) is 17.8 Å². The smallest absolute Gasteiger partial charge is 0.267 e. The second-order valence-corrected chi connectivity index (χ2v) is 8.24. The predicted octanol–water partition coefficient (Wildman–Crippen LogP) is 4.49. The van der Waals surface area contributed by atoms with Crippen molar-refractivity contribution in [2.45, 2.75) is 63.8 Å². The topological polar surface area (TPSA) is 34.9 Å². The maximum Gasteiger partial charge on any atom is 0.274 e. The molecule has 24 heavy (non-hydrogen) atoms. The van der Waals surface area contributed by atoms with Gasteiger partial charge in [-0.15, -0.1) is 0 Å². The van der Waals surface area contributed by atoms with E-state index in [1.54, 1.807) is 0 Å². The second kappa shape index (κ2) is 5.72. The van der Waals surface area contributed by atoms with Crippen LogP contribution in [0.1, 0.15) is 63.1 Å². The van der Waals surface area contributed by atoms with E-state index in [2.05, 4.69) is 6.07 Å². The Morgan fingerprint density at radius 1 is 1.00 bits per heavy atom. The lowest BCUT2D eigenvalue weighted by Crippen LogP contribution is -2.31. The van der Waals surface area contributed by atoms with Gasteiger partial charge >= 0.3 is 0 Å². The number of benzene rings is 1. The molecule has 126 valence electrons. The van der Waals surface area contributed by atoms with Crippen molar-refractivity contribution in [3.63, 3.8) is 0 Å².